The van der Waals surface area contributed by atoms with Crippen molar-refractivity contribution in [3.63, 3.8) is 0 Å². The van der Waals surface area contributed by atoms with Crippen LogP contribution in [0.4, 0.5) is 10.5 Å². The van der Waals surface area contributed by atoms with E-state index in [1.807, 2.05) is 40.7 Å². The number of fused-ring (bicyclic) bond motifs is 1. The van der Waals surface area contributed by atoms with Gasteiger partial charge in [-0.1, -0.05) is 0 Å². The summed E-state index contributed by atoms with van der Waals surface area (Å²) in [6.07, 6.45) is 0.565. The monoisotopic (exact) mass is 277 g/mol. The molecule has 0 aliphatic carbocycles. The van der Waals surface area contributed by atoms with Gasteiger partial charge in [-0.25, -0.2) is 4.79 Å². The molecule has 1 amide bonds. The van der Waals surface area contributed by atoms with E-state index in [9.17, 15) is 4.79 Å². The summed E-state index contributed by atoms with van der Waals surface area (Å²) in [5, 5.41) is 0. The standard InChI is InChI=1S/C16H23NO3/c1-10-11(2)14-12(9-13(10)19-6)7-8-17(14)15(18)20-16(3,4)5/h9H,7-8H2,1-6H3. The normalized spacial score (nSPS) is 14.2. The third kappa shape index (κ3) is 2.60. The Morgan fingerprint density at radius 2 is 1.90 bits per heavy atom. The Kier molecular flexibility index (Phi) is 3.67. The first-order valence-corrected chi connectivity index (χ1v) is 6.92. The van der Waals surface area contributed by atoms with Crippen molar-refractivity contribution < 1.29 is 14.3 Å². The number of hydrogen-bond donors (Lipinski definition) is 0. The molecule has 0 N–H and O–H groups in total. The summed E-state index contributed by atoms with van der Waals surface area (Å²) in [6, 6.07) is 2.03. The zero-order valence-electron chi connectivity index (χ0n) is 13.2. The van der Waals surface area contributed by atoms with Crippen LogP contribution in [0.2, 0.25) is 0 Å². The third-order valence-electron chi connectivity index (χ3n) is 3.61. The van der Waals surface area contributed by atoms with E-state index >= 15 is 0 Å². The quantitative estimate of drug-likeness (QED) is 0.787. The van der Waals surface area contributed by atoms with E-state index in [1.165, 1.54) is 0 Å². The van der Waals surface area contributed by atoms with E-state index in [-0.39, 0.29) is 6.09 Å². The number of rotatable bonds is 1. The van der Waals surface area contributed by atoms with Gasteiger partial charge in [0.2, 0.25) is 0 Å². The van der Waals surface area contributed by atoms with Crippen molar-refractivity contribution in [3.05, 3.63) is 22.8 Å². The number of benzene rings is 1. The van der Waals surface area contributed by atoms with Gasteiger partial charge in [-0.05, 0) is 63.8 Å². The van der Waals surface area contributed by atoms with Crippen LogP contribution in [0, 0.1) is 13.8 Å². The lowest BCUT2D eigenvalue weighted by Crippen LogP contribution is -2.36. The highest BCUT2D eigenvalue weighted by atomic mass is 16.6. The highest BCUT2D eigenvalue weighted by Gasteiger charge is 2.31. The zero-order valence-corrected chi connectivity index (χ0v) is 13.2. The number of methoxy groups -OCH3 is 1. The molecule has 1 aromatic carbocycles. The van der Waals surface area contributed by atoms with E-state index in [4.69, 9.17) is 9.47 Å². The Balaban J connectivity index is 2.38. The molecule has 0 fully saturated rings. The molecule has 1 aliphatic rings. The van der Waals surface area contributed by atoms with Gasteiger partial charge in [-0.3, -0.25) is 4.90 Å². The first-order valence-electron chi connectivity index (χ1n) is 6.92. The second-order valence-corrected chi connectivity index (χ2v) is 6.22. The number of hydrogen-bond acceptors (Lipinski definition) is 3. The minimum Gasteiger partial charge on any atom is -0.496 e. The third-order valence-corrected chi connectivity index (χ3v) is 3.61. The molecule has 0 saturated heterocycles. The summed E-state index contributed by atoms with van der Waals surface area (Å²) < 4.78 is 10.9. The summed E-state index contributed by atoms with van der Waals surface area (Å²) in [5.41, 5.74) is 3.81. The van der Waals surface area contributed by atoms with Crippen LogP contribution in [0.3, 0.4) is 0 Å². The van der Waals surface area contributed by atoms with Crippen LogP contribution in [-0.4, -0.2) is 25.3 Å². The van der Waals surface area contributed by atoms with Gasteiger partial charge < -0.3 is 9.47 Å². The fourth-order valence-electron chi connectivity index (χ4n) is 2.56. The van der Waals surface area contributed by atoms with Gasteiger partial charge in [0, 0.05) is 6.54 Å². The Morgan fingerprint density at radius 3 is 2.45 bits per heavy atom. The Bertz CT molecular complexity index is 544. The van der Waals surface area contributed by atoms with E-state index in [1.54, 1.807) is 12.0 Å². The predicted octanol–water partition coefficient (Wildman–Crippen LogP) is 3.61. The maximum atomic E-state index is 12.3. The van der Waals surface area contributed by atoms with Gasteiger partial charge in [-0.2, -0.15) is 0 Å². The number of ether oxygens (including phenoxy) is 2. The van der Waals surface area contributed by atoms with Gasteiger partial charge in [0.15, 0.2) is 0 Å². The van der Waals surface area contributed by atoms with Crippen LogP contribution in [0.15, 0.2) is 6.07 Å². The summed E-state index contributed by atoms with van der Waals surface area (Å²) in [6.45, 7) is 10.4. The highest BCUT2D eigenvalue weighted by Crippen LogP contribution is 2.38. The molecule has 110 valence electrons. The molecule has 1 aromatic rings. The molecule has 20 heavy (non-hydrogen) atoms. The van der Waals surface area contributed by atoms with E-state index in [2.05, 4.69) is 0 Å². The molecule has 1 aliphatic heterocycles. The number of carbonyl (C=O) groups excluding carboxylic acids is 1. The summed E-state index contributed by atoms with van der Waals surface area (Å²) in [5.74, 6) is 0.882. The highest BCUT2D eigenvalue weighted by molar-refractivity contribution is 5.92. The van der Waals surface area contributed by atoms with E-state index in [0.29, 0.717) is 6.54 Å². The average Bonchev–Trinajstić information content (AvgIpc) is 2.75. The maximum Gasteiger partial charge on any atom is 0.414 e. The fourth-order valence-corrected chi connectivity index (χ4v) is 2.56. The van der Waals surface area contributed by atoms with Crippen molar-refractivity contribution in [1.29, 1.82) is 0 Å². The minimum atomic E-state index is -0.477. The average molecular weight is 277 g/mol. The smallest absolute Gasteiger partial charge is 0.414 e. The van der Waals surface area contributed by atoms with Gasteiger partial charge >= 0.3 is 6.09 Å². The summed E-state index contributed by atoms with van der Waals surface area (Å²) in [4.78, 5) is 14.1. The van der Waals surface area contributed by atoms with Crippen molar-refractivity contribution in [1.82, 2.24) is 0 Å². The SMILES string of the molecule is COc1cc2c(c(C)c1C)N(C(=O)OC(C)(C)C)CC2. The summed E-state index contributed by atoms with van der Waals surface area (Å²) >= 11 is 0. The van der Waals surface area contributed by atoms with Crippen molar-refractivity contribution in [3.8, 4) is 5.75 Å². The first kappa shape index (κ1) is 14.7. The molecule has 2 rings (SSSR count). The predicted molar refractivity (Wildman–Crippen MR) is 79.8 cm³/mol. The van der Waals surface area contributed by atoms with E-state index in [0.717, 1.165) is 34.5 Å². The van der Waals surface area contributed by atoms with E-state index < -0.39 is 5.60 Å². The molecule has 0 radical (unpaired) electrons. The minimum absolute atomic E-state index is 0.274. The van der Waals surface area contributed by atoms with Gasteiger partial charge in [-0.15, -0.1) is 0 Å². The lowest BCUT2D eigenvalue weighted by Gasteiger charge is -2.26. The molecule has 4 nitrogen and oxygen atoms in total. The first-order chi connectivity index (χ1) is 9.24. The molecular formula is C16H23NO3. The second-order valence-electron chi connectivity index (χ2n) is 6.22. The number of anilines is 1. The maximum absolute atomic E-state index is 12.3. The van der Waals surface area contributed by atoms with Crippen LogP contribution < -0.4 is 9.64 Å². The Hall–Kier alpha value is -1.71. The molecule has 0 atom stereocenters. The van der Waals surface area contributed by atoms with Crippen LogP contribution in [-0.2, 0) is 11.2 Å². The van der Waals surface area contributed by atoms with Crippen molar-refractivity contribution in [2.24, 2.45) is 0 Å². The fraction of sp³-hybridized carbons (Fsp3) is 0.562. The molecule has 4 heteroatoms. The molecule has 0 spiro atoms. The Morgan fingerprint density at radius 1 is 1.25 bits per heavy atom. The molecule has 0 aromatic heterocycles. The largest absolute Gasteiger partial charge is 0.496 e. The van der Waals surface area contributed by atoms with Crippen molar-refractivity contribution in [2.75, 3.05) is 18.6 Å². The van der Waals surface area contributed by atoms with Crippen LogP contribution in [0.5, 0.6) is 5.75 Å². The molecule has 1 heterocycles. The van der Waals surface area contributed by atoms with Crippen LogP contribution in [0.25, 0.3) is 0 Å². The van der Waals surface area contributed by atoms with Gasteiger partial charge in [0.05, 0.1) is 12.8 Å². The molecule has 0 unspecified atom stereocenters. The van der Waals surface area contributed by atoms with Crippen LogP contribution >= 0.6 is 0 Å². The Labute approximate surface area is 120 Å². The second kappa shape index (κ2) is 5.00. The molecular weight excluding hydrogens is 254 g/mol. The zero-order chi connectivity index (χ0) is 15.1. The topological polar surface area (TPSA) is 38.8 Å². The number of amides is 1. The number of nitrogens with zero attached hydrogens (tertiary/aromatic N) is 1. The van der Waals surface area contributed by atoms with Crippen molar-refractivity contribution >= 4 is 11.8 Å². The van der Waals surface area contributed by atoms with Gasteiger partial charge in [0.25, 0.3) is 0 Å². The summed E-state index contributed by atoms with van der Waals surface area (Å²) in [7, 11) is 1.68. The molecule has 0 saturated carbocycles. The lowest BCUT2D eigenvalue weighted by atomic mass is 10.0. The van der Waals surface area contributed by atoms with Crippen LogP contribution in [0.1, 0.15) is 37.5 Å². The number of carbonyl (C=O) groups is 1. The van der Waals surface area contributed by atoms with Gasteiger partial charge in [0.1, 0.15) is 11.4 Å². The lowest BCUT2D eigenvalue weighted by molar-refractivity contribution is 0.0584. The van der Waals surface area contributed by atoms with Crippen molar-refractivity contribution in [2.45, 2.75) is 46.6 Å². The molecule has 0 bridgehead atoms.